The van der Waals surface area contributed by atoms with Gasteiger partial charge in [0.05, 0.1) is 34.5 Å². The number of ether oxygens (including phenoxy) is 5. The molecule has 0 saturated carbocycles. The maximum Gasteiger partial charge on any atom is 0.159 e. The molecule has 3 aromatic rings. The summed E-state index contributed by atoms with van der Waals surface area (Å²) in [5.74, 6) is 2.58. The quantitative estimate of drug-likeness (QED) is 0.242. The Bertz CT molecular complexity index is 1030. The van der Waals surface area contributed by atoms with Crippen molar-refractivity contribution in [2.24, 2.45) is 0 Å². The summed E-state index contributed by atoms with van der Waals surface area (Å²) in [4.78, 5) is 32.5. The molecule has 0 fully saturated rings. The summed E-state index contributed by atoms with van der Waals surface area (Å²) >= 11 is 0. The molecule has 0 aliphatic carbocycles. The minimum absolute atomic E-state index is 0.0186. The van der Waals surface area contributed by atoms with Gasteiger partial charge in [-0.3, -0.25) is 14.4 Å². The molecular weight excluding hydrogens is 500 g/mol. The number of rotatable bonds is 9. The van der Waals surface area contributed by atoms with Crippen LogP contribution < -0.4 is 14.2 Å². The first kappa shape index (κ1) is 35.0. The molecule has 0 spiro atoms. The normalized spacial score (nSPS) is 9.23. The average molecular weight is 541 g/mol. The Balaban J connectivity index is 0.000000507. The van der Waals surface area contributed by atoms with E-state index in [1.165, 1.54) is 13.8 Å². The number of carbonyl (C=O) groups excluding carboxylic acids is 3. The summed E-state index contributed by atoms with van der Waals surface area (Å²) in [6.07, 6.45) is 0. The van der Waals surface area contributed by atoms with Crippen molar-refractivity contribution in [2.45, 2.75) is 20.8 Å². The van der Waals surface area contributed by atoms with Crippen molar-refractivity contribution < 1.29 is 38.1 Å². The van der Waals surface area contributed by atoms with E-state index in [0.29, 0.717) is 29.9 Å². The molecule has 0 radical (unpaired) electrons. The highest BCUT2D eigenvalue weighted by Gasteiger charge is 2.01. The van der Waals surface area contributed by atoms with Gasteiger partial charge in [0.1, 0.15) is 17.2 Å². The Hall–Kier alpha value is -4.01. The van der Waals surface area contributed by atoms with E-state index in [2.05, 4.69) is 9.47 Å². The Morgan fingerprint density at radius 3 is 0.821 bits per heavy atom. The molecule has 0 N–H and O–H groups in total. The minimum Gasteiger partial charge on any atom is -0.497 e. The Labute approximate surface area is 231 Å². The van der Waals surface area contributed by atoms with Crippen LogP contribution in [0.25, 0.3) is 0 Å². The number of hydrogen-bond donors (Lipinski definition) is 0. The lowest BCUT2D eigenvalue weighted by Crippen LogP contribution is -1.96. The first-order valence-corrected chi connectivity index (χ1v) is 12.1. The van der Waals surface area contributed by atoms with Crippen LogP contribution in [0.3, 0.4) is 0 Å². The number of ketones is 3. The van der Waals surface area contributed by atoms with Gasteiger partial charge in [-0.25, -0.2) is 0 Å². The molecule has 0 aliphatic heterocycles. The van der Waals surface area contributed by atoms with E-state index < -0.39 is 0 Å². The molecule has 0 unspecified atom stereocenters. The maximum absolute atomic E-state index is 10.8. The Kier molecular flexibility index (Phi) is 18.8. The van der Waals surface area contributed by atoms with Gasteiger partial charge in [0.2, 0.25) is 0 Å². The Morgan fingerprint density at radius 2 is 0.641 bits per heavy atom. The predicted octanol–water partition coefficient (Wildman–Crippen LogP) is 5.97. The van der Waals surface area contributed by atoms with Crippen molar-refractivity contribution >= 4 is 17.3 Å². The number of Topliss-reactive ketones (excluding diaryl/α,β-unsaturated/α-hetero) is 3. The highest BCUT2D eigenvalue weighted by Crippen LogP contribution is 2.16. The van der Waals surface area contributed by atoms with Crippen LogP contribution >= 0.6 is 0 Å². The third-order valence-corrected chi connectivity index (χ3v) is 4.98. The molecule has 8 nitrogen and oxygen atoms in total. The molecule has 39 heavy (non-hydrogen) atoms. The van der Waals surface area contributed by atoms with Gasteiger partial charge >= 0.3 is 0 Å². The minimum atomic E-state index is 0.0186. The second-order valence-electron chi connectivity index (χ2n) is 7.84. The third-order valence-electron chi connectivity index (χ3n) is 4.98. The number of benzene rings is 3. The fourth-order valence-electron chi connectivity index (χ4n) is 2.64. The zero-order valence-corrected chi connectivity index (χ0v) is 24.1. The van der Waals surface area contributed by atoms with Crippen molar-refractivity contribution in [3.8, 4) is 17.2 Å². The van der Waals surface area contributed by atoms with E-state index in [1.54, 1.807) is 91.0 Å². The smallest absolute Gasteiger partial charge is 0.159 e. The molecule has 0 atom stereocenters. The molecule has 8 heteroatoms. The molecule has 0 aliphatic rings. The monoisotopic (exact) mass is 540 g/mol. The van der Waals surface area contributed by atoms with Gasteiger partial charge in [-0.15, -0.1) is 0 Å². The topological polar surface area (TPSA) is 97.4 Å². The van der Waals surface area contributed by atoms with Gasteiger partial charge in [-0.05, 0) is 69.3 Å². The van der Waals surface area contributed by atoms with Crippen LogP contribution in [0.5, 0.6) is 17.2 Å². The van der Waals surface area contributed by atoms with E-state index in [4.69, 9.17) is 14.2 Å². The van der Waals surface area contributed by atoms with Gasteiger partial charge in [-0.2, -0.15) is 0 Å². The first-order valence-electron chi connectivity index (χ1n) is 12.1. The van der Waals surface area contributed by atoms with E-state index in [1.807, 2.05) is 24.3 Å². The molecule has 3 rings (SSSR count). The second kappa shape index (κ2) is 21.0. The van der Waals surface area contributed by atoms with Crippen molar-refractivity contribution in [1.82, 2.24) is 0 Å². The lowest BCUT2D eigenvalue weighted by molar-refractivity contribution is 0.100. The van der Waals surface area contributed by atoms with Crippen molar-refractivity contribution in [2.75, 3.05) is 48.8 Å². The van der Waals surface area contributed by atoms with Crippen LogP contribution in [-0.4, -0.2) is 66.1 Å². The van der Waals surface area contributed by atoms with E-state index in [0.717, 1.165) is 17.2 Å². The van der Waals surface area contributed by atoms with Crippen LogP contribution in [-0.2, 0) is 9.47 Å². The van der Waals surface area contributed by atoms with Gasteiger partial charge in [0.25, 0.3) is 0 Å². The fourth-order valence-corrected chi connectivity index (χ4v) is 2.64. The molecule has 0 saturated heterocycles. The van der Waals surface area contributed by atoms with Crippen molar-refractivity contribution in [1.29, 1.82) is 0 Å². The molecule has 0 heterocycles. The zero-order chi connectivity index (χ0) is 29.6. The molecule has 0 amide bonds. The van der Waals surface area contributed by atoms with Crippen LogP contribution in [0.4, 0.5) is 0 Å². The summed E-state index contributed by atoms with van der Waals surface area (Å²) in [7, 11) is 8.18. The van der Waals surface area contributed by atoms with Crippen LogP contribution in [0.15, 0.2) is 72.8 Å². The summed E-state index contributed by atoms with van der Waals surface area (Å²) in [6, 6.07) is 21.2. The standard InChI is InChI=1S/C10H10O2.C9H10O2.C8H10O2.C4H10O2/c1-7(11)9-3-5-10(6-4-9)8(2)12;1-7(10)8-3-5-9(11-2)6-4-8;1-9-7-3-5-8(10-2)6-4-7;1-5-3-4-6-2/h3-6H,1-2H3;3-6H,1-2H3;3-6H,1-2H3;3-4H2,1-2H3. The summed E-state index contributed by atoms with van der Waals surface area (Å²) in [5.41, 5.74) is 1.99. The SMILES string of the molecule is CC(=O)c1ccc(C(C)=O)cc1.COCCOC.COc1ccc(C(C)=O)cc1.COc1ccc(OC)cc1. The maximum atomic E-state index is 10.8. The number of hydrogen-bond acceptors (Lipinski definition) is 8. The third kappa shape index (κ3) is 15.8. The van der Waals surface area contributed by atoms with Crippen molar-refractivity contribution in [3.63, 3.8) is 0 Å². The van der Waals surface area contributed by atoms with Gasteiger partial charge < -0.3 is 23.7 Å². The van der Waals surface area contributed by atoms with E-state index in [9.17, 15) is 14.4 Å². The molecule has 0 bridgehead atoms. The lowest BCUT2D eigenvalue weighted by Gasteiger charge is -2.00. The van der Waals surface area contributed by atoms with Crippen LogP contribution in [0.2, 0.25) is 0 Å². The summed E-state index contributed by atoms with van der Waals surface area (Å²) < 4.78 is 24.2. The first-order chi connectivity index (χ1) is 18.6. The molecule has 212 valence electrons. The van der Waals surface area contributed by atoms with E-state index in [-0.39, 0.29) is 17.3 Å². The van der Waals surface area contributed by atoms with Gasteiger partial charge in [0, 0.05) is 30.9 Å². The van der Waals surface area contributed by atoms with Gasteiger partial charge in [-0.1, -0.05) is 24.3 Å². The molecule has 0 aromatic heterocycles. The Morgan fingerprint density at radius 1 is 0.436 bits per heavy atom. The predicted molar refractivity (Wildman–Crippen MR) is 153 cm³/mol. The number of methoxy groups -OCH3 is 5. The van der Waals surface area contributed by atoms with Crippen LogP contribution in [0, 0.1) is 0 Å². The van der Waals surface area contributed by atoms with Crippen LogP contribution in [0.1, 0.15) is 51.8 Å². The fraction of sp³-hybridized carbons (Fsp3) is 0.323. The zero-order valence-electron chi connectivity index (χ0n) is 24.1. The highest BCUT2D eigenvalue weighted by molar-refractivity contribution is 5.97. The second-order valence-corrected chi connectivity index (χ2v) is 7.84. The van der Waals surface area contributed by atoms with Crippen molar-refractivity contribution in [3.05, 3.63) is 89.5 Å². The summed E-state index contributed by atoms with van der Waals surface area (Å²) in [5, 5.41) is 0. The van der Waals surface area contributed by atoms with E-state index >= 15 is 0 Å². The lowest BCUT2D eigenvalue weighted by atomic mass is 10.1. The summed E-state index contributed by atoms with van der Waals surface area (Å²) in [6.45, 7) is 5.93. The molecular formula is C31H40O8. The average Bonchev–Trinajstić information content (AvgIpc) is 2.97. The van der Waals surface area contributed by atoms with Gasteiger partial charge in [0.15, 0.2) is 17.3 Å². The number of carbonyl (C=O) groups is 3. The highest BCUT2D eigenvalue weighted by atomic mass is 16.5. The largest absolute Gasteiger partial charge is 0.497 e. The molecule has 3 aromatic carbocycles.